The Balaban J connectivity index is 2.25. The van der Waals surface area contributed by atoms with E-state index in [-0.39, 0.29) is 5.84 Å². The standard InChI is InChI=1S/C16H24ClN3O/c1-3-16(4-2)7-9-20(10-8-16)14-6-5-12(17)11-13(14)15(18)19-21/h5-6,11,21H,3-4,7-10H2,1-2H3,(H2,18,19). The largest absolute Gasteiger partial charge is 0.409 e. The molecule has 0 saturated carbocycles. The highest BCUT2D eigenvalue weighted by Gasteiger charge is 2.32. The minimum Gasteiger partial charge on any atom is -0.409 e. The van der Waals surface area contributed by atoms with Gasteiger partial charge in [-0.3, -0.25) is 0 Å². The average molecular weight is 310 g/mol. The molecule has 1 aliphatic heterocycles. The Bertz CT molecular complexity index is 516. The topological polar surface area (TPSA) is 61.8 Å². The predicted octanol–water partition coefficient (Wildman–Crippen LogP) is 3.84. The van der Waals surface area contributed by atoms with E-state index in [0.29, 0.717) is 16.0 Å². The van der Waals surface area contributed by atoms with E-state index in [4.69, 9.17) is 22.5 Å². The van der Waals surface area contributed by atoms with Crippen LogP contribution in [0.25, 0.3) is 0 Å². The maximum absolute atomic E-state index is 8.96. The van der Waals surface area contributed by atoms with E-state index in [1.165, 1.54) is 25.7 Å². The highest BCUT2D eigenvalue weighted by atomic mass is 35.5. The van der Waals surface area contributed by atoms with Crippen LogP contribution in [0.3, 0.4) is 0 Å². The first-order chi connectivity index (χ1) is 10.0. The van der Waals surface area contributed by atoms with Crippen LogP contribution in [0.1, 0.15) is 45.1 Å². The summed E-state index contributed by atoms with van der Waals surface area (Å²) in [6.45, 7) is 6.55. The van der Waals surface area contributed by atoms with Gasteiger partial charge in [-0.05, 0) is 36.5 Å². The van der Waals surface area contributed by atoms with Crippen LogP contribution < -0.4 is 10.6 Å². The zero-order chi connectivity index (χ0) is 15.5. The molecule has 21 heavy (non-hydrogen) atoms. The second kappa shape index (κ2) is 6.56. The molecule has 1 aromatic carbocycles. The van der Waals surface area contributed by atoms with Crippen molar-refractivity contribution in [3.63, 3.8) is 0 Å². The van der Waals surface area contributed by atoms with Gasteiger partial charge in [0.1, 0.15) is 0 Å². The number of benzene rings is 1. The molecule has 0 spiro atoms. The van der Waals surface area contributed by atoms with Crippen LogP contribution in [0.4, 0.5) is 5.69 Å². The van der Waals surface area contributed by atoms with Crippen molar-refractivity contribution in [1.29, 1.82) is 0 Å². The lowest BCUT2D eigenvalue weighted by Gasteiger charge is -2.42. The molecule has 0 aromatic heterocycles. The van der Waals surface area contributed by atoms with Crippen molar-refractivity contribution in [2.24, 2.45) is 16.3 Å². The zero-order valence-electron chi connectivity index (χ0n) is 12.8. The van der Waals surface area contributed by atoms with Gasteiger partial charge >= 0.3 is 0 Å². The smallest absolute Gasteiger partial charge is 0.172 e. The van der Waals surface area contributed by atoms with Crippen LogP contribution in [0.15, 0.2) is 23.4 Å². The van der Waals surface area contributed by atoms with Gasteiger partial charge in [0.25, 0.3) is 0 Å². The highest BCUT2D eigenvalue weighted by Crippen LogP contribution is 2.39. The number of nitrogens with zero attached hydrogens (tertiary/aromatic N) is 2. The second-order valence-electron chi connectivity index (χ2n) is 5.84. The summed E-state index contributed by atoms with van der Waals surface area (Å²) in [5.41, 5.74) is 7.96. The van der Waals surface area contributed by atoms with E-state index in [1.807, 2.05) is 12.1 Å². The van der Waals surface area contributed by atoms with E-state index in [0.717, 1.165) is 18.8 Å². The van der Waals surface area contributed by atoms with Crippen molar-refractivity contribution < 1.29 is 5.21 Å². The fraction of sp³-hybridized carbons (Fsp3) is 0.562. The minimum absolute atomic E-state index is 0.107. The summed E-state index contributed by atoms with van der Waals surface area (Å²) in [7, 11) is 0. The van der Waals surface area contributed by atoms with Crippen molar-refractivity contribution >= 4 is 23.1 Å². The molecule has 3 N–H and O–H groups in total. The number of hydrogen-bond acceptors (Lipinski definition) is 3. The fourth-order valence-corrected chi connectivity index (χ4v) is 3.39. The monoisotopic (exact) mass is 309 g/mol. The number of hydrogen-bond donors (Lipinski definition) is 2. The predicted molar refractivity (Wildman–Crippen MR) is 88.4 cm³/mol. The third-order valence-corrected chi connectivity index (χ3v) is 5.24. The molecule has 0 bridgehead atoms. The van der Waals surface area contributed by atoms with Gasteiger partial charge < -0.3 is 15.8 Å². The molecule has 1 saturated heterocycles. The fourth-order valence-electron chi connectivity index (χ4n) is 3.22. The van der Waals surface area contributed by atoms with Gasteiger partial charge in [-0.1, -0.05) is 43.4 Å². The van der Waals surface area contributed by atoms with E-state index < -0.39 is 0 Å². The number of amidine groups is 1. The number of halogens is 1. The van der Waals surface area contributed by atoms with Gasteiger partial charge in [-0.15, -0.1) is 0 Å². The minimum atomic E-state index is 0.107. The zero-order valence-corrected chi connectivity index (χ0v) is 13.5. The summed E-state index contributed by atoms with van der Waals surface area (Å²) in [6.07, 6.45) is 4.81. The maximum Gasteiger partial charge on any atom is 0.172 e. The van der Waals surface area contributed by atoms with Crippen molar-refractivity contribution in [3.8, 4) is 0 Å². The Kier molecular flexibility index (Phi) is 4.99. The lowest BCUT2D eigenvalue weighted by molar-refractivity contribution is 0.199. The average Bonchev–Trinajstić information content (AvgIpc) is 2.54. The summed E-state index contributed by atoms with van der Waals surface area (Å²) in [4.78, 5) is 2.31. The molecule has 116 valence electrons. The molecular weight excluding hydrogens is 286 g/mol. The second-order valence-corrected chi connectivity index (χ2v) is 6.28. The molecule has 0 atom stereocenters. The lowest BCUT2D eigenvalue weighted by atomic mass is 9.74. The molecule has 2 rings (SSSR count). The van der Waals surface area contributed by atoms with E-state index in [9.17, 15) is 0 Å². The third kappa shape index (κ3) is 3.26. The molecule has 0 amide bonds. The molecule has 1 heterocycles. The summed E-state index contributed by atoms with van der Waals surface area (Å²) >= 11 is 6.04. The Morgan fingerprint density at radius 1 is 1.33 bits per heavy atom. The molecule has 1 aliphatic rings. The molecular formula is C16H24ClN3O. The first-order valence-corrected chi connectivity index (χ1v) is 7.95. The van der Waals surface area contributed by atoms with E-state index in [2.05, 4.69) is 23.9 Å². The van der Waals surface area contributed by atoms with Crippen LogP contribution in [0, 0.1) is 5.41 Å². The van der Waals surface area contributed by atoms with Crippen molar-refractivity contribution in [2.45, 2.75) is 39.5 Å². The molecule has 0 radical (unpaired) electrons. The van der Waals surface area contributed by atoms with Crippen LogP contribution >= 0.6 is 11.6 Å². The summed E-state index contributed by atoms with van der Waals surface area (Å²) < 4.78 is 0. The van der Waals surface area contributed by atoms with Crippen molar-refractivity contribution in [2.75, 3.05) is 18.0 Å². The first-order valence-electron chi connectivity index (χ1n) is 7.57. The van der Waals surface area contributed by atoms with Crippen LogP contribution in [-0.4, -0.2) is 24.1 Å². The number of nitrogens with two attached hydrogens (primary N) is 1. The summed E-state index contributed by atoms with van der Waals surface area (Å²) in [6, 6.07) is 5.57. The Morgan fingerprint density at radius 2 is 1.95 bits per heavy atom. The molecule has 1 fully saturated rings. The Morgan fingerprint density at radius 3 is 2.48 bits per heavy atom. The van der Waals surface area contributed by atoms with Crippen LogP contribution in [-0.2, 0) is 0 Å². The Labute approximate surface area is 131 Å². The Hall–Kier alpha value is -1.42. The molecule has 4 nitrogen and oxygen atoms in total. The van der Waals surface area contributed by atoms with E-state index >= 15 is 0 Å². The lowest BCUT2D eigenvalue weighted by Crippen LogP contribution is -2.40. The van der Waals surface area contributed by atoms with Gasteiger partial charge in [0.05, 0.1) is 0 Å². The third-order valence-electron chi connectivity index (χ3n) is 5.01. The van der Waals surface area contributed by atoms with Crippen LogP contribution in [0.2, 0.25) is 5.02 Å². The number of anilines is 1. The number of piperidine rings is 1. The van der Waals surface area contributed by atoms with Crippen LogP contribution in [0.5, 0.6) is 0 Å². The van der Waals surface area contributed by atoms with Crippen molar-refractivity contribution in [1.82, 2.24) is 0 Å². The first kappa shape index (κ1) is 16.0. The van der Waals surface area contributed by atoms with E-state index in [1.54, 1.807) is 6.07 Å². The number of rotatable bonds is 4. The quantitative estimate of drug-likeness (QED) is 0.384. The number of oxime groups is 1. The normalized spacial score (nSPS) is 18.8. The van der Waals surface area contributed by atoms with Gasteiger partial charge in [-0.25, -0.2) is 0 Å². The maximum atomic E-state index is 8.96. The summed E-state index contributed by atoms with van der Waals surface area (Å²) in [5.74, 6) is 0.107. The molecule has 5 heteroatoms. The van der Waals surface area contributed by atoms with Gasteiger partial charge in [0.2, 0.25) is 0 Å². The van der Waals surface area contributed by atoms with Gasteiger partial charge in [0, 0.05) is 29.4 Å². The summed E-state index contributed by atoms with van der Waals surface area (Å²) in [5, 5.41) is 12.7. The van der Waals surface area contributed by atoms with Gasteiger partial charge in [0.15, 0.2) is 5.84 Å². The molecule has 1 aromatic rings. The molecule has 0 aliphatic carbocycles. The van der Waals surface area contributed by atoms with Gasteiger partial charge in [-0.2, -0.15) is 0 Å². The molecule has 0 unspecified atom stereocenters. The highest BCUT2D eigenvalue weighted by molar-refractivity contribution is 6.31. The van der Waals surface area contributed by atoms with Crippen molar-refractivity contribution in [3.05, 3.63) is 28.8 Å². The SMILES string of the molecule is CCC1(CC)CCN(c2ccc(Cl)cc2C(N)=NO)CC1.